The number of hydrogen-bond donors (Lipinski definition) is 0. The van der Waals surface area contributed by atoms with Gasteiger partial charge < -0.3 is 4.90 Å². The number of anilines is 1. The van der Waals surface area contributed by atoms with E-state index < -0.39 is 0 Å². The van der Waals surface area contributed by atoms with Crippen LogP contribution in [0.25, 0.3) is 0 Å². The fourth-order valence-electron chi connectivity index (χ4n) is 1.02. The molecule has 0 aromatic heterocycles. The highest BCUT2D eigenvalue weighted by Crippen LogP contribution is 2.12. The van der Waals surface area contributed by atoms with Crippen LogP contribution in [0, 0.1) is 6.92 Å². The molecule has 0 N–H and O–H groups in total. The average Bonchev–Trinajstić information content (AvgIpc) is 2.10. The molecule has 0 bridgehead atoms. The number of amides is 1. The van der Waals surface area contributed by atoms with Gasteiger partial charge >= 0.3 is 6.41 Å². The van der Waals surface area contributed by atoms with E-state index in [0.29, 0.717) is 6.54 Å². The van der Waals surface area contributed by atoms with Gasteiger partial charge in [0.1, 0.15) is 0 Å². The molecule has 0 atom stereocenters. The Bertz CT molecular complexity index is 253. The first kappa shape index (κ1) is 8.78. The predicted octanol–water partition coefficient (Wildman–Crippen LogP) is 1.89. The van der Waals surface area contributed by atoms with Gasteiger partial charge in [0.15, 0.2) is 0 Å². The third-order valence-electron chi connectivity index (χ3n) is 1.77. The molecule has 0 aliphatic carbocycles. The minimum Gasteiger partial charge on any atom is -0.304 e. The molecule has 2 heteroatoms. The molecule has 0 fully saturated rings. The van der Waals surface area contributed by atoms with Gasteiger partial charge in [-0.25, -0.2) is 0 Å². The molecule has 1 aromatic carbocycles. The van der Waals surface area contributed by atoms with Crippen LogP contribution >= 0.6 is 0 Å². The maximum absolute atomic E-state index is 10.4. The van der Waals surface area contributed by atoms with E-state index in [0.717, 1.165) is 5.69 Å². The molecule has 63 valence electrons. The topological polar surface area (TPSA) is 20.3 Å². The van der Waals surface area contributed by atoms with Gasteiger partial charge in [-0.2, -0.15) is 0 Å². The average molecular weight is 162 g/mol. The molecule has 0 spiro atoms. The van der Waals surface area contributed by atoms with Crippen LogP contribution in [0.1, 0.15) is 12.5 Å². The minimum absolute atomic E-state index is 0.659. The molecule has 1 amide bonds. The second-order valence-corrected chi connectivity index (χ2v) is 2.67. The first-order valence-electron chi connectivity index (χ1n) is 4.00. The normalized spacial score (nSPS) is 9.50. The summed E-state index contributed by atoms with van der Waals surface area (Å²) in [5, 5.41) is 0. The SMILES string of the molecule is CCN([C]=O)c1ccc(C)cc1. The number of nitrogens with zero attached hydrogens (tertiary/aromatic N) is 1. The molecule has 1 aromatic rings. The van der Waals surface area contributed by atoms with Crippen LogP contribution in [0.3, 0.4) is 0 Å². The molecule has 2 nitrogen and oxygen atoms in total. The highest BCUT2D eigenvalue weighted by molar-refractivity contribution is 5.75. The lowest BCUT2D eigenvalue weighted by Gasteiger charge is -2.13. The zero-order valence-corrected chi connectivity index (χ0v) is 7.37. The molecule has 0 aliphatic rings. The van der Waals surface area contributed by atoms with Crippen LogP contribution in [0.2, 0.25) is 0 Å². The Kier molecular flexibility index (Phi) is 2.86. The van der Waals surface area contributed by atoms with Crippen LogP contribution in [0.5, 0.6) is 0 Å². The molecule has 0 saturated carbocycles. The van der Waals surface area contributed by atoms with Crippen molar-refractivity contribution in [3.8, 4) is 0 Å². The Labute approximate surface area is 72.8 Å². The van der Waals surface area contributed by atoms with Crippen molar-refractivity contribution in [3.05, 3.63) is 29.8 Å². The lowest BCUT2D eigenvalue weighted by molar-refractivity contribution is 0.552. The second-order valence-electron chi connectivity index (χ2n) is 2.67. The Morgan fingerprint density at radius 2 is 1.92 bits per heavy atom. The van der Waals surface area contributed by atoms with E-state index in [1.54, 1.807) is 4.90 Å². The van der Waals surface area contributed by atoms with Crippen molar-refractivity contribution in [2.45, 2.75) is 13.8 Å². The van der Waals surface area contributed by atoms with E-state index in [1.807, 2.05) is 44.5 Å². The molecular weight excluding hydrogens is 150 g/mol. The largest absolute Gasteiger partial charge is 0.316 e. The summed E-state index contributed by atoms with van der Waals surface area (Å²) in [6.07, 6.45) is 1.87. The Balaban J connectivity index is 2.87. The van der Waals surface area contributed by atoms with Crippen molar-refractivity contribution < 1.29 is 4.79 Å². The van der Waals surface area contributed by atoms with Crippen LogP contribution in [-0.2, 0) is 4.79 Å². The van der Waals surface area contributed by atoms with Gasteiger partial charge in [0.25, 0.3) is 0 Å². The number of aryl methyl sites for hydroxylation is 1. The lowest BCUT2D eigenvalue weighted by atomic mass is 10.2. The third kappa shape index (κ3) is 1.84. The lowest BCUT2D eigenvalue weighted by Crippen LogP contribution is -2.19. The highest BCUT2D eigenvalue weighted by atomic mass is 16.1. The van der Waals surface area contributed by atoms with E-state index in [2.05, 4.69) is 0 Å². The van der Waals surface area contributed by atoms with Gasteiger partial charge in [-0.1, -0.05) is 17.7 Å². The van der Waals surface area contributed by atoms with Crippen LogP contribution in [0.4, 0.5) is 5.69 Å². The van der Waals surface area contributed by atoms with Crippen molar-refractivity contribution in [3.63, 3.8) is 0 Å². The van der Waals surface area contributed by atoms with Gasteiger partial charge in [-0.05, 0) is 26.0 Å². The molecule has 0 aliphatic heterocycles. The summed E-state index contributed by atoms with van der Waals surface area (Å²) in [7, 11) is 0. The molecule has 12 heavy (non-hydrogen) atoms. The van der Waals surface area contributed by atoms with E-state index >= 15 is 0 Å². The maximum Gasteiger partial charge on any atom is 0.316 e. The first-order chi connectivity index (χ1) is 5.77. The number of hydrogen-bond acceptors (Lipinski definition) is 1. The van der Waals surface area contributed by atoms with Crippen LogP contribution in [-0.4, -0.2) is 13.0 Å². The summed E-state index contributed by atoms with van der Waals surface area (Å²) >= 11 is 0. The van der Waals surface area contributed by atoms with E-state index in [9.17, 15) is 4.79 Å². The zero-order chi connectivity index (χ0) is 8.97. The molecule has 0 unspecified atom stereocenters. The molecule has 0 heterocycles. The maximum atomic E-state index is 10.4. The van der Waals surface area contributed by atoms with Crippen molar-refractivity contribution in [1.29, 1.82) is 0 Å². The van der Waals surface area contributed by atoms with Gasteiger partial charge in [0, 0.05) is 12.2 Å². The number of rotatable bonds is 3. The molecule has 1 radical (unpaired) electrons. The fourth-order valence-corrected chi connectivity index (χ4v) is 1.02. The summed E-state index contributed by atoms with van der Waals surface area (Å²) in [5.74, 6) is 0. The van der Waals surface area contributed by atoms with Crippen molar-refractivity contribution in [2.24, 2.45) is 0 Å². The van der Waals surface area contributed by atoms with Crippen LogP contribution < -0.4 is 4.90 Å². The smallest absolute Gasteiger partial charge is 0.304 e. The van der Waals surface area contributed by atoms with Gasteiger partial charge in [0.05, 0.1) is 0 Å². The second kappa shape index (κ2) is 3.90. The van der Waals surface area contributed by atoms with Gasteiger partial charge in [-0.15, -0.1) is 0 Å². The summed E-state index contributed by atoms with van der Waals surface area (Å²) in [5.41, 5.74) is 2.10. The van der Waals surface area contributed by atoms with Gasteiger partial charge in [0.2, 0.25) is 0 Å². The van der Waals surface area contributed by atoms with Crippen molar-refractivity contribution in [2.75, 3.05) is 11.4 Å². The third-order valence-corrected chi connectivity index (χ3v) is 1.77. The standard InChI is InChI=1S/C10H12NO/c1-3-11(8-12)10-6-4-9(2)5-7-10/h4-7H,3H2,1-2H3. The zero-order valence-electron chi connectivity index (χ0n) is 7.37. The van der Waals surface area contributed by atoms with Gasteiger partial charge in [-0.3, -0.25) is 4.79 Å². The van der Waals surface area contributed by atoms with E-state index in [1.165, 1.54) is 5.56 Å². The Morgan fingerprint density at radius 1 is 1.33 bits per heavy atom. The number of carbonyl (C=O) groups excluding carboxylic acids is 1. The quantitative estimate of drug-likeness (QED) is 0.621. The van der Waals surface area contributed by atoms with E-state index in [4.69, 9.17) is 0 Å². The summed E-state index contributed by atoms with van der Waals surface area (Å²) < 4.78 is 0. The summed E-state index contributed by atoms with van der Waals surface area (Å²) in [6.45, 7) is 4.60. The number of benzene rings is 1. The Morgan fingerprint density at radius 3 is 2.33 bits per heavy atom. The fraction of sp³-hybridized carbons (Fsp3) is 0.300. The molecular formula is C10H12NO. The first-order valence-corrected chi connectivity index (χ1v) is 4.00. The monoisotopic (exact) mass is 162 g/mol. The molecule has 0 saturated heterocycles. The van der Waals surface area contributed by atoms with Crippen molar-refractivity contribution >= 4 is 12.1 Å². The van der Waals surface area contributed by atoms with E-state index in [-0.39, 0.29) is 0 Å². The molecule has 1 rings (SSSR count). The summed E-state index contributed by atoms with van der Waals surface area (Å²) in [4.78, 5) is 12.0. The summed E-state index contributed by atoms with van der Waals surface area (Å²) in [6, 6.07) is 7.80. The predicted molar refractivity (Wildman–Crippen MR) is 49.9 cm³/mol. The van der Waals surface area contributed by atoms with Crippen molar-refractivity contribution in [1.82, 2.24) is 0 Å². The van der Waals surface area contributed by atoms with Crippen LogP contribution in [0.15, 0.2) is 24.3 Å². The highest BCUT2D eigenvalue weighted by Gasteiger charge is 2.01. The minimum atomic E-state index is 0.659. The Hall–Kier alpha value is -1.31.